The van der Waals surface area contributed by atoms with E-state index in [1.807, 2.05) is 0 Å². The maximum absolute atomic E-state index is 13.2. The Hall–Kier alpha value is -3.91. The van der Waals surface area contributed by atoms with Crippen LogP contribution in [-0.2, 0) is 4.74 Å². The summed E-state index contributed by atoms with van der Waals surface area (Å²) in [6, 6.07) is 11.1. The van der Waals surface area contributed by atoms with Gasteiger partial charge in [0.05, 0.1) is 0 Å². The van der Waals surface area contributed by atoms with Crippen LogP contribution in [0.5, 0.6) is 0 Å². The SMILES string of the molecule is COCCCN1C(=O)c2ccc3c4c(ccc(c24)C1=O)C(=O)N(c1ccccn1)C3=O. The molecule has 0 saturated heterocycles. The molecule has 8 nitrogen and oxygen atoms in total. The quantitative estimate of drug-likeness (QED) is 0.470. The number of pyridine rings is 1. The molecule has 2 aliphatic heterocycles. The Balaban J connectivity index is 1.68. The van der Waals surface area contributed by atoms with Crippen LogP contribution in [0.15, 0.2) is 48.7 Å². The van der Waals surface area contributed by atoms with Crippen molar-refractivity contribution in [2.75, 3.05) is 25.2 Å². The number of carbonyl (C=O) groups excluding carboxylic acids is 4. The number of hydrogen-bond donors (Lipinski definition) is 0. The molecule has 8 heteroatoms. The molecule has 1 aromatic heterocycles. The number of rotatable bonds is 5. The van der Waals surface area contributed by atoms with Crippen molar-refractivity contribution in [1.29, 1.82) is 0 Å². The summed E-state index contributed by atoms with van der Waals surface area (Å²) in [5.74, 6) is -1.74. The molecule has 0 aliphatic carbocycles. The summed E-state index contributed by atoms with van der Waals surface area (Å²) in [4.78, 5) is 58.9. The average Bonchev–Trinajstić information content (AvgIpc) is 2.79. The number of carbonyl (C=O) groups is 4. The number of imide groups is 2. The molecule has 3 heterocycles. The smallest absolute Gasteiger partial charge is 0.267 e. The highest BCUT2D eigenvalue weighted by Gasteiger charge is 2.40. The Labute approximate surface area is 177 Å². The number of methoxy groups -OCH3 is 1. The molecule has 0 bridgehead atoms. The third-order valence-corrected chi connectivity index (χ3v) is 5.59. The molecule has 0 atom stereocenters. The number of ether oxygens (including phenoxy) is 1. The molecular weight excluding hydrogens is 398 g/mol. The Morgan fingerprint density at radius 3 is 1.81 bits per heavy atom. The summed E-state index contributed by atoms with van der Waals surface area (Å²) in [6.45, 7) is 0.644. The fourth-order valence-corrected chi connectivity index (χ4v) is 4.19. The zero-order valence-electron chi connectivity index (χ0n) is 16.6. The molecule has 4 amide bonds. The molecular formula is C23H17N3O5. The average molecular weight is 415 g/mol. The van der Waals surface area contributed by atoms with Gasteiger partial charge >= 0.3 is 0 Å². The molecule has 0 unspecified atom stereocenters. The number of amides is 4. The predicted octanol–water partition coefficient (Wildman–Crippen LogP) is 2.67. The highest BCUT2D eigenvalue weighted by Crippen LogP contribution is 2.38. The van der Waals surface area contributed by atoms with Crippen LogP contribution in [0.1, 0.15) is 47.9 Å². The van der Waals surface area contributed by atoms with Crippen molar-refractivity contribution < 1.29 is 23.9 Å². The third kappa shape index (κ3) is 2.69. The second-order valence-electron chi connectivity index (χ2n) is 7.31. The van der Waals surface area contributed by atoms with Crippen LogP contribution < -0.4 is 4.90 Å². The van der Waals surface area contributed by atoms with Crippen LogP contribution in [0.4, 0.5) is 5.82 Å². The van der Waals surface area contributed by atoms with Crippen molar-refractivity contribution in [3.8, 4) is 0 Å². The van der Waals surface area contributed by atoms with Gasteiger partial charge in [-0.3, -0.25) is 24.1 Å². The number of hydrogen-bond acceptors (Lipinski definition) is 6. The van der Waals surface area contributed by atoms with E-state index in [2.05, 4.69) is 4.98 Å². The maximum Gasteiger partial charge on any atom is 0.267 e. The van der Waals surface area contributed by atoms with E-state index in [0.29, 0.717) is 34.9 Å². The minimum Gasteiger partial charge on any atom is -0.385 e. The molecule has 5 rings (SSSR count). The van der Waals surface area contributed by atoms with Crippen molar-refractivity contribution in [2.45, 2.75) is 6.42 Å². The van der Waals surface area contributed by atoms with E-state index < -0.39 is 23.6 Å². The molecule has 0 N–H and O–H groups in total. The molecule has 31 heavy (non-hydrogen) atoms. The first-order chi connectivity index (χ1) is 15.0. The van der Waals surface area contributed by atoms with Gasteiger partial charge < -0.3 is 4.74 Å². The number of aromatic nitrogens is 1. The van der Waals surface area contributed by atoms with Gasteiger partial charge in [0.25, 0.3) is 23.6 Å². The van der Waals surface area contributed by atoms with Gasteiger partial charge in [0.15, 0.2) is 0 Å². The minimum atomic E-state index is -0.540. The monoisotopic (exact) mass is 415 g/mol. The minimum absolute atomic E-state index is 0.216. The number of anilines is 1. The lowest BCUT2D eigenvalue weighted by atomic mass is 9.86. The largest absolute Gasteiger partial charge is 0.385 e. The van der Waals surface area contributed by atoms with Crippen molar-refractivity contribution in [3.05, 3.63) is 70.9 Å². The molecule has 0 spiro atoms. The fourth-order valence-electron chi connectivity index (χ4n) is 4.19. The summed E-state index contributed by atoms with van der Waals surface area (Å²) in [5.41, 5.74) is 1.13. The van der Waals surface area contributed by atoms with Crippen LogP contribution in [0.2, 0.25) is 0 Å². The lowest BCUT2D eigenvalue weighted by Crippen LogP contribution is -2.44. The molecule has 2 aromatic carbocycles. The van der Waals surface area contributed by atoms with Crippen molar-refractivity contribution in [1.82, 2.24) is 9.88 Å². The van der Waals surface area contributed by atoms with E-state index in [0.717, 1.165) is 4.90 Å². The van der Waals surface area contributed by atoms with Gasteiger partial charge in [0.1, 0.15) is 5.82 Å². The summed E-state index contributed by atoms with van der Waals surface area (Å²) in [7, 11) is 1.56. The van der Waals surface area contributed by atoms with Gasteiger partial charge in [-0.1, -0.05) is 6.07 Å². The van der Waals surface area contributed by atoms with Crippen molar-refractivity contribution >= 4 is 40.2 Å². The van der Waals surface area contributed by atoms with Gasteiger partial charge in [-0.05, 0) is 42.8 Å². The second kappa shape index (κ2) is 7.10. The molecule has 0 saturated carbocycles. The van der Waals surface area contributed by atoms with Crippen molar-refractivity contribution in [3.63, 3.8) is 0 Å². The normalized spacial score (nSPS) is 15.3. The Bertz CT molecular complexity index is 1210. The van der Waals surface area contributed by atoms with E-state index in [9.17, 15) is 19.2 Å². The zero-order chi connectivity index (χ0) is 21.7. The lowest BCUT2D eigenvalue weighted by molar-refractivity contribution is 0.0593. The van der Waals surface area contributed by atoms with E-state index in [4.69, 9.17) is 4.74 Å². The second-order valence-corrected chi connectivity index (χ2v) is 7.31. The number of benzene rings is 2. The first kappa shape index (κ1) is 19.1. The van der Waals surface area contributed by atoms with Crippen LogP contribution in [-0.4, -0.2) is 53.8 Å². The fraction of sp³-hybridized carbons (Fsp3) is 0.174. The van der Waals surface area contributed by atoms with Gasteiger partial charge in [-0.15, -0.1) is 0 Å². The highest BCUT2D eigenvalue weighted by atomic mass is 16.5. The maximum atomic E-state index is 13.2. The Morgan fingerprint density at radius 1 is 0.774 bits per heavy atom. The predicted molar refractivity (Wildman–Crippen MR) is 111 cm³/mol. The topological polar surface area (TPSA) is 96.9 Å². The summed E-state index contributed by atoms with van der Waals surface area (Å²) >= 11 is 0. The molecule has 2 aliphatic rings. The summed E-state index contributed by atoms with van der Waals surface area (Å²) in [6.07, 6.45) is 2.01. The van der Waals surface area contributed by atoms with E-state index >= 15 is 0 Å². The third-order valence-electron chi connectivity index (χ3n) is 5.59. The highest BCUT2D eigenvalue weighted by molar-refractivity contribution is 6.39. The zero-order valence-corrected chi connectivity index (χ0v) is 16.6. The first-order valence-corrected chi connectivity index (χ1v) is 9.79. The first-order valence-electron chi connectivity index (χ1n) is 9.79. The lowest BCUT2D eigenvalue weighted by Gasteiger charge is -2.31. The van der Waals surface area contributed by atoms with Crippen LogP contribution in [0.25, 0.3) is 10.8 Å². The Morgan fingerprint density at radius 2 is 1.32 bits per heavy atom. The van der Waals surface area contributed by atoms with E-state index in [1.165, 1.54) is 23.2 Å². The standard InChI is InChI=1S/C23H17N3O5/c1-31-12-4-11-25-20(27)13-6-8-15-19-16(9-7-14(18(13)19)21(25)28)23(30)26(22(15)29)17-5-2-3-10-24-17/h2-3,5-10H,4,11-12H2,1H3. The van der Waals surface area contributed by atoms with Gasteiger partial charge in [-0.2, -0.15) is 0 Å². The van der Waals surface area contributed by atoms with Gasteiger partial charge in [0, 0.05) is 59.5 Å². The molecule has 0 fully saturated rings. The van der Waals surface area contributed by atoms with Crippen LogP contribution in [0.3, 0.4) is 0 Å². The van der Waals surface area contributed by atoms with Gasteiger partial charge in [0.2, 0.25) is 0 Å². The van der Waals surface area contributed by atoms with Crippen LogP contribution in [0, 0.1) is 0 Å². The van der Waals surface area contributed by atoms with E-state index in [1.54, 1.807) is 37.4 Å². The molecule has 154 valence electrons. The Kier molecular flexibility index (Phi) is 4.37. The summed E-state index contributed by atoms with van der Waals surface area (Å²) in [5, 5.41) is 0.700. The van der Waals surface area contributed by atoms with Crippen molar-refractivity contribution in [2.24, 2.45) is 0 Å². The summed E-state index contributed by atoms with van der Waals surface area (Å²) < 4.78 is 5.02. The van der Waals surface area contributed by atoms with E-state index in [-0.39, 0.29) is 23.5 Å². The van der Waals surface area contributed by atoms with Crippen LogP contribution >= 0.6 is 0 Å². The molecule has 3 aromatic rings. The number of nitrogens with zero attached hydrogens (tertiary/aromatic N) is 3. The molecule has 0 radical (unpaired) electrons. The van der Waals surface area contributed by atoms with Gasteiger partial charge in [-0.25, -0.2) is 9.88 Å².